The van der Waals surface area contributed by atoms with Crippen molar-refractivity contribution < 1.29 is 4.79 Å². The van der Waals surface area contributed by atoms with Crippen LogP contribution in [0.25, 0.3) is 5.69 Å². The van der Waals surface area contributed by atoms with Gasteiger partial charge >= 0.3 is 0 Å². The summed E-state index contributed by atoms with van der Waals surface area (Å²) in [7, 11) is 0. The highest BCUT2D eigenvalue weighted by Crippen LogP contribution is 2.21. The first-order valence-electron chi connectivity index (χ1n) is 9.50. The molecule has 0 bridgehead atoms. The molecule has 0 aliphatic carbocycles. The molecule has 1 atom stereocenters. The number of aryl methyl sites for hydroxylation is 3. The van der Waals surface area contributed by atoms with Gasteiger partial charge in [-0.1, -0.05) is 19.1 Å². The van der Waals surface area contributed by atoms with E-state index in [-0.39, 0.29) is 0 Å². The number of carbonyl (C=O) groups excluding carboxylic acids is 1. The van der Waals surface area contributed by atoms with Crippen molar-refractivity contribution in [2.24, 2.45) is 0 Å². The third-order valence-electron chi connectivity index (χ3n) is 5.24. The van der Waals surface area contributed by atoms with Crippen molar-refractivity contribution in [1.29, 1.82) is 0 Å². The normalized spacial score (nSPS) is 17.7. The number of hydrogen-bond donors (Lipinski definition) is 0. The summed E-state index contributed by atoms with van der Waals surface area (Å²) in [5.41, 5.74) is 4.45. The second-order valence-electron chi connectivity index (χ2n) is 7.15. The Hall–Kier alpha value is -2.10. The van der Waals surface area contributed by atoms with Gasteiger partial charge in [0, 0.05) is 24.7 Å². The number of likely N-dealkylation sites (tertiary alicyclic amines) is 1. The average molecular weight is 339 g/mol. The van der Waals surface area contributed by atoms with Crippen molar-refractivity contribution >= 4 is 5.91 Å². The van der Waals surface area contributed by atoms with Gasteiger partial charge in [-0.2, -0.15) is 5.10 Å². The van der Waals surface area contributed by atoms with Crippen molar-refractivity contribution in [3.63, 3.8) is 0 Å². The van der Waals surface area contributed by atoms with Crippen molar-refractivity contribution in [2.45, 2.75) is 65.3 Å². The Kier molecular flexibility index (Phi) is 5.57. The highest BCUT2D eigenvalue weighted by Gasteiger charge is 2.24. The van der Waals surface area contributed by atoms with E-state index in [1.807, 2.05) is 11.6 Å². The molecule has 1 saturated heterocycles. The van der Waals surface area contributed by atoms with Gasteiger partial charge in [-0.3, -0.25) is 4.79 Å². The Morgan fingerprint density at radius 2 is 1.96 bits per heavy atom. The zero-order chi connectivity index (χ0) is 17.8. The summed E-state index contributed by atoms with van der Waals surface area (Å²) in [6.07, 6.45) is 6.07. The minimum atomic E-state index is 0.314. The minimum absolute atomic E-state index is 0.314. The second kappa shape index (κ2) is 7.85. The monoisotopic (exact) mass is 339 g/mol. The van der Waals surface area contributed by atoms with Crippen LogP contribution >= 0.6 is 0 Å². The largest absolute Gasteiger partial charge is 0.340 e. The molecule has 134 valence electrons. The maximum absolute atomic E-state index is 12.6. The van der Waals surface area contributed by atoms with Crippen molar-refractivity contribution in [3.8, 4) is 5.69 Å². The molecule has 1 fully saturated rings. The number of benzene rings is 1. The standard InChI is InChI=1S/C21H29N3O/c1-4-19-7-5-6-14-23(19)21(25)13-10-18-8-11-20(12-9-18)24-17(3)15-16(2)22-24/h8-9,11-12,15,19H,4-7,10,13-14H2,1-3H3. The number of rotatable bonds is 5. The van der Waals surface area contributed by atoms with E-state index in [1.165, 1.54) is 18.4 Å². The molecule has 1 aromatic carbocycles. The van der Waals surface area contributed by atoms with E-state index in [1.54, 1.807) is 0 Å². The van der Waals surface area contributed by atoms with Gasteiger partial charge < -0.3 is 4.90 Å². The van der Waals surface area contributed by atoms with Gasteiger partial charge in [0.05, 0.1) is 11.4 Å². The number of carbonyl (C=O) groups is 1. The van der Waals surface area contributed by atoms with E-state index >= 15 is 0 Å². The number of amides is 1. The second-order valence-corrected chi connectivity index (χ2v) is 7.15. The smallest absolute Gasteiger partial charge is 0.223 e. The molecule has 2 aromatic rings. The van der Waals surface area contributed by atoms with Crippen molar-refractivity contribution in [3.05, 3.63) is 47.3 Å². The Morgan fingerprint density at radius 1 is 1.20 bits per heavy atom. The van der Waals surface area contributed by atoms with Crippen LogP contribution in [0.2, 0.25) is 0 Å². The number of hydrogen-bond acceptors (Lipinski definition) is 2. The first kappa shape index (κ1) is 17.7. The molecule has 2 heterocycles. The lowest BCUT2D eigenvalue weighted by molar-refractivity contribution is -0.134. The predicted molar refractivity (Wildman–Crippen MR) is 101 cm³/mol. The van der Waals surface area contributed by atoms with Gasteiger partial charge in [-0.15, -0.1) is 0 Å². The molecule has 1 amide bonds. The molecular formula is C21H29N3O. The van der Waals surface area contributed by atoms with Crippen LogP contribution in [-0.4, -0.2) is 33.2 Å². The third kappa shape index (κ3) is 4.12. The Bertz CT molecular complexity index is 717. The summed E-state index contributed by atoms with van der Waals surface area (Å²) in [4.78, 5) is 14.7. The van der Waals surface area contributed by atoms with Gasteiger partial charge in [-0.05, 0) is 69.7 Å². The van der Waals surface area contributed by atoms with Gasteiger partial charge in [0.15, 0.2) is 0 Å². The van der Waals surface area contributed by atoms with E-state index in [0.29, 0.717) is 18.4 Å². The molecule has 0 saturated carbocycles. The Labute approximate surface area is 150 Å². The van der Waals surface area contributed by atoms with Crippen LogP contribution in [0.3, 0.4) is 0 Å². The maximum Gasteiger partial charge on any atom is 0.223 e. The zero-order valence-electron chi connectivity index (χ0n) is 15.7. The van der Waals surface area contributed by atoms with Gasteiger partial charge in [0.2, 0.25) is 5.91 Å². The highest BCUT2D eigenvalue weighted by atomic mass is 16.2. The predicted octanol–water partition coefficient (Wildman–Crippen LogP) is 4.21. The molecule has 1 aliphatic rings. The number of piperidine rings is 1. The summed E-state index contributed by atoms with van der Waals surface area (Å²) in [6, 6.07) is 11.0. The van der Waals surface area contributed by atoms with Crippen LogP contribution in [0.5, 0.6) is 0 Å². The van der Waals surface area contributed by atoms with E-state index in [2.05, 4.69) is 54.2 Å². The summed E-state index contributed by atoms with van der Waals surface area (Å²) in [5.74, 6) is 0.314. The first-order valence-corrected chi connectivity index (χ1v) is 9.50. The average Bonchev–Trinajstić information content (AvgIpc) is 2.98. The van der Waals surface area contributed by atoms with Crippen LogP contribution < -0.4 is 0 Å². The van der Waals surface area contributed by atoms with Gasteiger partial charge in [-0.25, -0.2) is 4.68 Å². The first-order chi connectivity index (χ1) is 12.1. The van der Waals surface area contributed by atoms with Gasteiger partial charge in [0.25, 0.3) is 0 Å². The number of aromatic nitrogens is 2. The molecule has 1 unspecified atom stereocenters. The lowest BCUT2D eigenvalue weighted by Crippen LogP contribution is -2.43. The van der Waals surface area contributed by atoms with Crippen LogP contribution in [-0.2, 0) is 11.2 Å². The summed E-state index contributed by atoms with van der Waals surface area (Å²) >= 11 is 0. The fraction of sp³-hybridized carbons (Fsp3) is 0.524. The fourth-order valence-corrected chi connectivity index (χ4v) is 3.84. The summed E-state index contributed by atoms with van der Waals surface area (Å²) in [6.45, 7) is 7.20. The molecule has 4 heteroatoms. The maximum atomic E-state index is 12.6. The van der Waals surface area contributed by atoms with Gasteiger partial charge in [0.1, 0.15) is 0 Å². The minimum Gasteiger partial charge on any atom is -0.340 e. The van der Waals surface area contributed by atoms with E-state index < -0.39 is 0 Å². The highest BCUT2D eigenvalue weighted by molar-refractivity contribution is 5.77. The molecular weight excluding hydrogens is 310 g/mol. The van der Waals surface area contributed by atoms with Crippen LogP contribution in [0, 0.1) is 13.8 Å². The molecule has 25 heavy (non-hydrogen) atoms. The molecule has 1 aliphatic heterocycles. The molecule has 0 N–H and O–H groups in total. The SMILES string of the molecule is CCC1CCCCN1C(=O)CCc1ccc(-n2nc(C)cc2C)cc1. The lowest BCUT2D eigenvalue weighted by Gasteiger charge is -2.35. The lowest BCUT2D eigenvalue weighted by atomic mass is 9.99. The van der Waals surface area contributed by atoms with Crippen LogP contribution in [0.15, 0.2) is 30.3 Å². The molecule has 3 rings (SSSR count). The molecule has 0 radical (unpaired) electrons. The molecule has 1 aromatic heterocycles. The Balaban J connectivity index is 1.60. The van der Waals surface area contributed by atoms with Crippen molar-refractivity contribution in [2.75, 3.05) is 6.54 Å². The topological polar surface area (TPSA) is 38.1 Å². The van der Waals surface area contributed by atoms with Crippen LogP contribution in [0.4, 0.5) is 0 Å². The summed E-state index contributed by atoms with van der Waals surface area (Å²) in [5, 5.41) is 4.52. The van der Waals surface area contributed by atoms with Crippen molar-refractivity contribution in [1.82, 2.24) is 14.7 Å². The number of nitrogens with zero attached hydrogens (tertiary/aromatic N) is 3. The molecule has 4 nitrogen and oxygen atoms in total. The zero-order valence-corrected chi connectivity index (χ0v) is 15.7. The molecule has 0 spiro atoms. The summed E-state index contributed by atoms with van der Waals surface area (Å²) < 4.78 is 1.96. The third-order valence-corrected chi connectivity index (χ3v) is 5.24. The quantitative estimate of drug-likeness (QED) is 0.818. The van der Waals surface area contributed by atoms with E-state index in [9.17, 15) is 4.79 Å². The fourth-order valence-electron chi connectivity index (χ4n) is 3.84. The van der Waals surface area contributed by atoms with E-state index in [4.69, 9.17) is 0 Å². The van der Waals surface area contributed by atoms with Crippen LogP contribution in [0.1, 0.15) is 56.0 Å². The Morgan fingerprint density at radius 3 is 2.60 bits per heavy atom. The van der Waals surface area contributed by atoms with E-state index in [0.717, 1.165) is 42.9 Å².